The fraction of sp³-hybridized carbons (Fsp3) is 0.286. The van der Waals surface area contributed by atoms with Gasteiger partial charge in [0.15, 0.2) is 0 Å². The molecular formula is C14H15BrN2O2S. The third kappa shape index (κ3) is 4.05. The average Bonchev–Trinajstić information content (AvgIpc) is 2.87. The lowest BCUT2D eigenvalue weighted by molar-refractivity contribution is -0.139. The molecule has 0 bridgehead atoms. The van der Waals surface area contributed by atoms with Gasteiger partial charge in [0.2, 0.25) is 0 Å². The van der Waals surface area contributed by atoms with Gasteiger partial charge in [-0.2, -0.15) is 0 Å². The lowest BCUT2D eigenvalue weighted by atomic mass is 10.3. The summed E-state index contributed by atoms with van der Waals surface area (Å²) in [5, 5.41) is 3.32. The van der Waals surface area contributed by atoms with E-state index >= 15 is 0 Å². The van der Waals surface area contributed by atoms with Crippen molar-refractivity contribution in [2.24, 2.45) is 0 Å². The predicted molar refractivity (Wildman–Crippen MR) is 84.0 cm³/mol. The number of hydrogen-bond donors (Lipinski definition) is 1. The molecule has 2 heterocycles. The Labute approximate surface area is 130 Å². The number of hydrogen-bond acceptors (Lipinski definition) is 5. The molecule has 0 fully saturated rings. The first kappa shape index (κ1) is 15.0. The number of ether oxygens (including phenoxy) is 1. The number of anilines is 1. The smallest absolute Gasteiger partial charge is 0.310 e. The third-order valence-electron chi connectivity index (χ3n) is 2.74. The summed E-state index contributed by atoms with van der Waals surface area (Å²) in [6.07, 6.45) is 2.13. The van der Waals surface area contributed by atoms with Crippen molar-refractivity contribution in [3.8, 4) is 0 Å². The Hall–Kier alpha value is -1.40. The molecule has 20 heavy (non-hydrogen) atoms. The molecule has 1 N–H and O–H groups in total. The van der Waals surface area contributed by atoms with Crippen molar-refractivity contribution in [1.29, 1.82) is 0 Å². The molecule has 0 aliphatic carbocycles. The Kier molecular flexibility index (Phi) is 5.14. The van der Waals surface area contributed by atoms with Crippen LogP contribution in [0, 0.1) is 6.92 Å². The predicted octanol–water partition coefficient (Wildman–Crippen LogP) is 3.54. The average molecular weight is 355 g/mol. The maximum absolute atomic E-state index is 11.2. The van der Waals surface area contributed by atoms with Crippen LogP contribution in [-0.2, 0) is 22.5 Å². The molecule has 6 heteroatoms. The van der Waals surface area contributed by atoms with Gasteiger partial charge in [-0.05, 0) is 46.6 Å². The lowest BCUT2D eigenvalue weighted by Gasteiger charge is -2.06. The van der Waals surface area contributed by atoms with Crippen molar-refractivity contribution < 1.29 is 9.53 Å². The molecule has 0 aliphatic heterocycles. The number of nitrogens with zero attached hydrogens (tertiary/aromatic N) is 1. The number of nitrogens with one attached hydrogen (secondary N) is 1. The summed E-state index contributed by atoms with van der Waals surface area (Å²) in [6.45, 7) is 2.72. The van der Waals surface area contributed by atoms with Gasteiger partial charge in [-0.25, -0.2) is 4.98 Å². The van der Waals surface area contributed by atoms with Gasteiger partial charge in [0.05, 0.1) is 25.4 Å². The first-order chi connectivity index (χ1) is 9.58. The summed E-state index contributed by atoms with van der Waals surface area (Å²) in [4.78, 5) is 17.6. The second kappa shape index (κ2) is 6.85. The Morgan fingerprint density at radius 2 is 2.20 bits per heavy atom. The lowest BCUT2D eigenvalue weighted by Crippen LogP contribution is -2.02. The highest BCUT2D eigenvalue weighted by Crippen LogP contribution is 2.20. The molecule has 106 valence electrons. The van der Waals surface area contributed by atoms with Crippen LogP contribution < -0.4 is 5.32 Å². The van der Waals surface area contributed by atoms with Crippen molar-refractivity contribution in [1.82, 2.24) is 4.98 Å². The van der Waals surface area contributed by atoms with E-state index in [4.69, 9.17) is 0 Å². The molecule has 2 rings (SSSR count). The van der Waals surface area contributed by atoms with Crippen molar-refractivity contribution in [3.63, 3.8) is 0 Å². The summed E-state index contributed by atoms with van der Waals surface area (Å²) in [6, 6.07) is 6.03. The molecule has 2 aromatic rings. The largest absolute Gasteiger partial charge is 0.469 e. The molecule has 0 saturated carbocycles. The highest BCUT2D eigenvalue weighted by Gasteiger charge is 2.06. The number of methoxy groups -OCH3 is 1. The van der Waals surface area contributed by atoms with Crippen LogP contribution in [-0.4, -0.2) is 18.1 Å². The van der Waals surface area contributed by atoms with Gasteiger partial charge >= 0.3 is 5.97 Å². The van der Waals surface area contributed by atoms with Gasteiger partial charge in [0, 0.05) is 16.3 Å². The Bertz CT molecular complexity index is 613. The van der Waals surface area contributed by atoms with Crippen LogP contribution in [0.1, 0.15) is 15.3 Å². The summed E-state index contributed by atoms with van der Waals surface area (Å²) in [5.74, 6) is -0.209. The van der Waals surface area contributed by atoms with E-state index in [0.29, 0.717) is 13.0 Å². The molecule has 0 spiro atoms. The molecule has 0 amide bonds. The minimum Gasteiger partial charge on any atom is -0.469 e. The van der Waals surface area contributed by atoms with E-state index in [2.05, 4.69) is 31.0 Å². The van der Waals surface area contributed by atoms with Crippen LogP contribution in [0.3, 0.4) is 0 Å². The van der Waals surface area contributed by atoms with E-state index in [0.717, 1.165) is 20.7 Å². The van der Waals surface area contributed by atoms with E-state index in [9.17, 15) is 4.79 Å². The standard InChI is InChI=1S/C14H15BrN2O2S/c1-9-5-10(7-17-14(9)15)16-8-12-4-3-11(20-12)6-13(18)19-2/h3-5,7,16H,6,8H2,1-2H3. The number of carbonyl (C=O) groups excluding carboxylic acids is 1. The number of carbonyl (C=O) groups is 1. The number of pyridine rings is 1. The SMILES string of the molecule is COC(=O)Cc1ccc(CNc2cnc(Br)c(C)c2)s1. The summed E-state index contributed by atoms with van der Waals surface area (Å²) < 4.78 is 5.52. The van der Waals surface area contributed by atoms with Crippen molar-refractivity contribution in [3.05, 3.63) is 44.3 Å². The number of aromatic nitrogens is 1. The number of rotatable bonds is 5. The molecule has 0 aliphatic rings. The Morgan fingerprint density at radius 1 is 1.45 bits per heavy atom. The zero-order valence-corrected chi connectivity index (χ0v) is 13.7. The van der Waals surface area contributed by atoms with Crippen LogP contribution in [0.5, 0.6) is 0 Å². The van der Waals surface area contributed by atoms with Crippen molar-refractivity contribution in [2.45, 2.75) is 19.9 Å². The molecule has 4 nitrogen and oxygen atoms in total. The van der Waals surface area contributed by atoms with Gasteiger partial charge in [-0.3, -0.25) is 4.79 Å². The zero-order chi connectivity index (χ0) is 14.5. The minimum absolute atomic E-state index is 0.209. The normalized spacial score (nSPS) is 10.3. The third-order valence-corrected chi connectivity index (χ3v) is 4.66. The van der Waals surface area contributed by atoms with Crippen LogP contribution in [0.4, 0.5) is 5.69 Å². The topological polar surface area (TPSA) is 51.2 Å². The second-order valence-electron chi connectivity index (χ2n) is 4.31. The van der Waals surface area contributed by atoms with E-state index in [1.807, 2.05) is 25.1 Å². The molecule has 0 saturated heterocycles. The van der Waals surface area contributed by atoms with Gasteiger partial charge < -0.3 is 10.1 Å². The van der Waals surface area contributed by atoms with Gasteiger partial charge in [-0.1, -0.05) is 0 Å². The fourth-order valence-electron chi connectivity index (χ4n) is 1.67. The van der Waals surface area contributed by atoms with Crippen molar-refractivity contribution in [2.75, 3.05) is 12.4 Å². The first-order valence-corrected chi connectivity index (χ1v) is 7.70. The number of aryl methyl sites for hydroxylation is 1. The van der Waals surface area contributed by atoms with E-state index in [-0.39, 0.29) is 5.97 Å². The summed E-state index contributed by atoms with van der Waals surface area (Å²) >= 11 is 4.99. The van der Waals surface area contributed by atoms with Crippen LogP contribution in [0.2, 0.25) is 0 Å². The highest BCUT2D eigenvalue weighted by molar-refractivity contribution is 9.10. The highest BCUT2D eigenvalue weighted by atomic mass is 79.9. The zero-order valence-electron chi connectivity index (χ0n) is 11.3. The summed E-state index contributed by atoms with van der Waals surface area (Å²) in [5.41, 5.74) is 2.07. The molecular weight excluding hydrogens is 340 g/mol. The van der Waals surface area contributed by atoms with Crippen molar-refractivity contribution >= 4 is 38.9 Å². The van der Waals surface area contributed by atoms with Crippen LogP contribution in [0.15, 0.2) is 29.0 Å². The summed E-state index contributed by atoms with van der Waals surface area (Å²) in [7, 11) is 1.40. The second-order valence-corrected chi connectivity index (χ2v) is 6.31. The van der Waals surface area contributed by atoms with Gasteiger partial charge in [0.1, 0.15) is 4.60 Å². The van der Waals surface area contributed by atoms with Gasteiger partial charge in [-0.15, -0.1) is 11.3 Å². The first-order valence-electron chi connectivity index (χ1n) is 6.09. The van der Waals surface area contributed by atoms with E-state index in [1.165, 1.54) is 12.0 Å². The van der Waals surface area contributed by atoms with Crippen LogP contribution in [0.25, 0.3) is 0 Å². The number of halogens is 1. The number of thiophene rings is 1. The number of esters is 1. The van der Waals surface area contributed by atoms with E-state index < -0.39 is 0 Å². The maximum Gasteiger partial charge on any atom is 0.310 e. The Balaban J connectivity index is 1.93. The molecule has 0 aromatic carbocycles. The quantitative estimate of drug-likeness (QED) is 0.658. The Morgan fingerprint density at radius 3 is 2.90 bits per heavy atom. The van der Waals surface area contributed by atoms with Gasteiger partial charge in [0.25, 0.3) is 0 Å². The maximum atomic E-state index is 11.2. The molecule has 0 unspecified atom stereocenters. The minimum atomic E-state index is -0.209. The monoisotopic (exact) mass is 354 g/mol. The van der Waals surface area contributed by atoms with E-state index in [1.54, 1.807) is 17.5 Å². The van der Waals surface area contributed by atoms with Crippen LogP contribution >= 0.6 is 27.3 Å². The fourth-order valence-corrected chi connectivity index (χ4v) is 2.83. The molecule has 0 radical (unpaired) electrons. The molecule has 0 atom stereocenters. The molecule has 2 aromatic heterocycles.